The lowest BCUT2D eigenvalue weighted by Crippen LogP contribution is -2.36. The van der Waals surface area contributed by atoms with Gasteiger partial charge in [0.25, 0.3) is 0 Å². The molecule has 0 radical (unpaired) electrons. The van der Waals surface area contributed by atoms with E-state index in [-0.39, 0.29) is 29.2 Å². The maximum atomic E-state index is 13.0. The lowest BCUT2D eigenvalue weighted by molar-refractivity contribution is 0.111. The topological polar surface area (TPSA) is 123 Å². The van der Waals surface area contributed by atoms with E-state index < -0.39 is 6.03 Å². The van der Waals surface area contributed by atoms with Crippen LogP contribution in [0.2, 0.25) is 0 Å². The summed E-state index contributed by atoms with van der Waals surface area (Å²) < 4.78 is 8.48. The van der Waals surface area contributed by atoms with Gasteiger partial charge < -0.3 is 10.1 Å². The third kappa shape index (κ3) is 5.95. The number of anilines is 1. The smallest absolute Gasteiger partial charge is 0.320 e. The molecule has 5 rings (SSSR count). The van der Waals surface area contributed by atoms with Crippen LogP contribution in [-0.4, -0.2) is 36.9 Å². The normalized spacial score (nSPS) is 16.9. The number of aromatic nitrogens is 5. The molecule has 1 aliphatic rings. The Kier molecular flexibility index (Phi) is 7.51. The van der Waals surface area contributed by atoms with Crippen LogP contribution < -0.4 is 15.4 Å². The van der Waals surface area contributed by atoms with Crippen LogP contribution in [0.25, 0.3) is 5.65 Å². The molecule has 2 N–H and O–H groups in total. The molecule has 10 nitrogen and oxygen atoms in total. The van der Waals surface area contributed by atoms with E-state index in [2.05, 4.69) is 44.6 Å². The molecule has 1 aliphatic carbocycles. The average Bonchev–Trinajstić information content (AvgIpc) is 3.30. The number of hydrogen-bond donors (Lipinski definition) is 2. The summed E-state index contributed by atoms with van der Waals surface area (Å²) in [5, 5.41) is 14.5. The Bertz CT molecular complexity index is 1540. The summed E-state index contributed by atoms with van der Waals surface area (Å²) in [6.45, 7) is 10.3. The van der Waals surface area contributed by atoms with Gasteiger partial charge in [0.15, 0.2) is 17.8 Å². The Labute approximate surface area is 233 Å². The first-order valence-corrected chi connectivity index (χ1v) is 13.6. The molecular weight excluding hydrogens is 506 g/mol. The monoisotopic (exact) mass is 541 g/mol. The summed E-state index contributed by atoms with van der Waals surface area (Å²) in [5.41, 5.74) is 3.20. The average molecular weight is 542 g/mol. The number of carbonyl (C=O) groups is 2. The molecule has 2 atom stereocenters. The van der Waals surface area contributed by atoms with Crippen LogP contribution in [-0.2, 0) is 11.8 Å². The van der Waals surface area contributed by atoms with Gasteiger partial charge in [-0.25, -0.2) is 14.8 Å². The van der Waals surface area contributed by atoms with Crippen molar-refractivity contribution in [3.05, 3.63) is 77.1 Å². The molecule has 1 aromatic carbocycles. The molecule has 0 saturated carbocycles. The molecule has 0 saturated heterocycles. The summed E-state index contributed by atoms with van der Waals surface area (Å²) in [5.74, 6) is 2.43. The van der Waals surface area contributed by atoms with E-state index in [0.717, 1.165) is 41.2 Å². The molecular formula is C30H35N7O3. The van der Waals surface area contributed by atoms with E-state index in [1.54, 1.807) is 6.07 Å². The maximum Gasteiger partial charge on any atom is 0.320 e. The summed E-state index contributed by atoms with van der Waals surface area (Å²) in [6.07, 6.45) is 4.62. The second kappa shape index (κ2) is 11.0. The highest BCUT2D eigenvalue weighted by atomic mass is 16.5. The number of amides is 2. The lowest BCUT2D eigenvalue weighted by Gasteiger charge is -2.32. The fraction of sp³-hybridized carbons (Fsp3) is 0.400. The molecule has 40 heavy (non-hydrogen) atoms. The Balaban J connectivity index is 1.32. The predicted molar refractivity (Wildman–Crippen MR) is 152 cm³/mol. The molecule has 10 heteroatoms. The van der Waals surface area contributed by atoms with E-state index in [4.69, 9.17) is 4.74 Å². The molecule has 3 heterocycles. The highest BCUT2D eigenvalue weighted by Crippen LogP contribution is 2.39. The standard InChI is InChI=1S/C30H35N7O3/c1-18(2)14-28-36-35-27-13-10-19(16-37(27)28)40-23-12-11-22(20-8-6-7-9-21(20)23)31-29(39)34-25-15-24(30(3,4)5)32-26(17-38)33-25/h6-10,13,15-18,22-23H,11-12,14H2,1-5H3,(H2,31,32,33,34,39)/t22-,23+/m0/s1. The van der Waals surface area contributed by atoms with Crippen LogP contribution in [0.5, 0.6) is 5.75 Å². The number of nitrogens with one attached hydrogen (secondary N) is 2. The summed E-state index contributed by atoms with van der Waals surface area (Å²) in [6, 6.07) is 13.0. The van der Waals surface area contributed by atoms with Crippen molar-refractivity contribution in [3.63, 3.8) is 0 Å². The zero-order chi connectivity index (χ0) is 28.4. The first kappa shape index (κ1) is 27.2. The van der Waals surface area contributed by atoms with Gasteiger partial charge in [-0.3, -0.25) is 14.5 Å². The number of carbonyl (C=O) groups excluding carboxylic acids is 2. The highest BCUT2D eigenvalue weighted by Gasteiger charge is 2.30. The SMILES string of the molecule is CC(C)Cc1nnc2ccc(O[C@@H]3CC[C@H](NC(=O)Nc4cc(C(C)(C)C)nc(C=O)n4)c4ccccc43)cn12. The quantitative estimate of drug-likeness (QED) is 0.292. The Morgan fingerprint density at radius 2 is 1.88 bits per heavy atom. The Hall–Kier alpha value is -4.34. The van der Waals surface area contributed by atoms with Crippen LogP contribution >= 0.6 is 0 Å². The first-order chi connectivity index (χ1) is 19.1. The predicted octanol–water partition coefficient (Wildman–Crippen LogP) is 5.60. The van der Waals surface area contributed by atoms with Crippen molar-refractivity contribution < 1.29 is 14.3 Å². The highest BCUT2D eigenvalue weighted by molar-refractivity contribution is 5.89. The summed E-state index contributed by atoms with van der Waals surface area (Å²) in [7, 11) is 0. The van der Waals surface area contributed by atoms with Crippen LogP contribution in [0.1, 0.15) is 92.9 Å². The number of aldehydes is 1. The van der Waals surface area contributed by atoms with E-state index in [0.29, 0.717) is 24.3 Å². The van der Waals surface area contributed by atoms with Crippen molar-refractivity contribution in [3.8, 4) is 5.75 Å². The number of benzene rings is 1. The van der Waals surface area contributed by atoms with Crippen LogP contribution in [0, 0.1) is 5.92 Å². The van der Waals surface area contributed by atoms with Gasteiger partial charge in [-0.05, 0) is 42.0 Å². The molecule has 0 unspecified atom stereocenters. The Morgan fingerprint density at radius 1 is 1.10 bits per heavy atom. The van der Waals surface area contributed by atoms with Gasteiger partial charge in [-0.15, -0.1) is 10.2 Å². The maximum absolute atomic E-state index is 13.0. The van der Waals surface area contributed by atoms with Crippen molar-refractivity contribution in [2.24, 2.45) is 5.92 Å². The Morgan fingerprint density at radius 3 is 2.60 bits per heavy atom. The number of pyridine rings is 1. The van der Waals surface area contributed by atoms with Crippen molar-refractivity contribution in [2.75, 3.05) is 5.32 Å². The van der Waals surface area contributed by atoms with Gasteiger partial charge in [0.05, 0.1) is 17.9 Å². The van der Waals surface area contributed by atoms with Crippen molar-refractivity contribution in [1.82, 2.24) is 29.9 Å². The van der Waals surface area contributed by atoms with E-state index in [9.17, 15) is 9.59 Å². The van der Waals surface area contributed by atoms with Crippen molar-refractivity contribution in [2.45, 2.75) is 71.4 Å². The number of fused-ring (bicyclic) bond motifs is 2. The second-order valence-corrected chi connectivity index (χ2v) is 11.6. The zero-order valence-electron chi connectivity index (χ0n) is 23.5. The first-order valence-electron chi connectivity index (χ1n) is 13.6. The largest absolute Gasteiger partial charge is 0.484 e. The third-order valence-electron chi connectivity index (χ3n) is 6.91. The van der Waals surface area contributed by atoms with Gasteiger partial charge in [0, 0.05) is 17.9 Å². The third-order valence-corrected chi connectivity index (χ3v) is 6.91. The van der Waals surface area contributed by atoms with Gasteiger partial charge >= 0.3 is 6.03 Å². The van der Waals surface area contributed by atoms with Crippen molar-refractivity contribution >= 4 is 23.8 Å². The molecule has 0 spiro atoms. The number of urea groups is 1. The fourth-order valence-corrected chi connectivity index (χ4v) is 4.96. The van der Waals surface area contributed by atoms with Crippen LogP contribution in [0.3, 0.4) is 0 Å². The second-order valence-electron chi connectivity index (χ2n) is 11.6. The van der Waals surface area contributed by atoms with Gasteiger partial charge in [-0.1, -0.05) is 58.9 Å². The minimum absolute atomic E-state index is 0.0340. The van der Waals surface area contributed by atoms with Crippen LogP contribution in [0.15, 0.2) is 48.7 Å². The van der Waals surface area contributed by atoms with Gasteiger partial charge in [0.2, 0.25) is 0 Å². The molecule has 4 aromatic rings. The number of ether oxygens (including phenoxy) is 1. The van der Waals surface area contributed by atoms with E-state index >= 15 is 0 Å². The molecule has 2 amide bonds. The molecule has 0 fully saturated rings. The van der Waals surface area contributed by atoms with Crippen molar-refractivity contribution in [1.29, 1.82) is 0 Å². The van der Waals surface area contributed by atoms with Gasteiger partial charge in [-0.2, -0.15) is 0 Å². The molecule has 3 aromatic heterocycles. The summed E-state index contributed by atoms with van der Waals surface area (Å²) >= 11 is 0. The zero-order valence-corrected chi connectivity index (χ0v) is 23.5. The minimum atomic E-state index is -0.398. The molecule has 0 aliphatic heterocycles. The summed E-state index contributed by atoms with van der Waals surface area (Å²) in [4.78, 5) is 32.8. The molecule has 208 valence electrons. The van der Waals surface area contributed by atoms with Crippen LogP contribution in [0.4, 0.5) is 10.6 Å². The molecule has 0 bridgehead atoms. The fourth-order valence-electron chi connectivity index (χ4n) is 4.96. The number of nitrogens with zero attached hydrogens (tertiary/aromatic N) is 5. The van der Waals surface area contributed by atoms with Gasteiger partial charge in [0.1, 0.15) is 23.5 Å². The van der Waals surface area contributed by atoms with E-state index in [1.165, 1.54) is 0 Å². The lowest BCUT2D eigenvalue weighted by atomic mass is 9.85. The van der Waals surface area contributed by atoms with E-state index in [1.807, 2.05) is 67.8 Å². The number of hydrogen-bond acceptors (Lipinski definition) is 7. The number of rotatable bonds is 7. The minimum Gasteiger partial charge on any atom is -0.484 e.